The third-order valence-corrected chi connectivity index (χ3v) is 3.85. The number of hydrogen-bond acceptors (Lipinski definition) is 4. The van der Waals surface area contributed by atoms with Crippen molar-refractivity contribution >= 4 is 47.0 Å². The molecule has 120 valence electrons. The van der Waals surface area contributed by atoms with E-state index in [1.165, 1.54) is 0 Å². The van der Waals surface area contributed by atoms with Crippen molar-refractivity contribution in [3.8, 4) is 0 Å². The normalized spacial score (nSPS) is 11.3. The van der Waals surface area contributed by atoms with Crippen molar-refractivity contribution in [2.45, 2.75) is 20.0 Å². The molecule has 0 bridgehead atoms. The van der Waals surface area contributed by atoms with Crippen molar-refractivity contribution in [3.63, 3.8) is 0 Å². The van der Waals surface area contributed by atoms with Crippen LogP contribution in [0.15, 0.2) is 12.3 Å². The van der Waals surface area contributed by atoms with E-state index < -0.39 is 0 Å². The third kappa shape index (κ3) is 3.98. The second-order valence-electron chi connectivity index (χ2n) is 4.99. The first-order chi connectivity index (χ1) is 10.4. The number of amides is 1. The van der Waals surface area contributed by atoms with E-state index in [1.54, 1.807) is 21.3 Å². The number of fused-ring (bicyclic) bond motifs is 1. The molecule has 0 aliphatic carbocycles. The Hall–Kier alpha value is -1.15. The quantitative estimate of drug-likeness (QED) is 0.803. The molecule has 0 radical (unpaired) electrons. The molecule has 0 unspecified atom stereocenters. The molecule has 0 spiro atoms. The van der Waals surface area contributed by atoms with Gasteiger partial charge in [-0.2, -0.15) is 0 Å². The summed E-state index contributed by atoms with van der Waals surface area (Å²) < 4.78 is 3.74. The lowest BCUT2D eigenvalue weighted by atomic mass is 10.4. The number of nitrogens with one attached hydrogen (secondary N) is 1. The lowest BCUT2D eigenvalue weighted by Crippen LogP contribution is -2.36. The predicted octanol–water partition coefficient (Wildman–Crippen LogP) is 2.59. The highest BCUT2D eigenvalue weighted by Crippen LogP contribution is 2.21. The van der Waals surface area contributed by atoms with Gasteiger partial charge in [0.2, 0.25) is 10.7 Å². The molecule has 0 aromatic carbocycles. The summed E-state index contributed by atoms with van der Waals surface area (Å²) in [5, 5.41) is 8.12. The Morgan fingerprint density at radius 1 is 1.50 bits per heavy atom. The Balaban J connectivity index is 2.15. The van der Waals surface area contributed by atoms with E-state index in [4.69, 9.17) is 35.4 Å². The number of aromatic nitrogens is 3. The first-order valence-electron chi connectivity index (χ1n) is 6.81. The zero-order valence-corrected chi connectivity index (χ0v) is 14.7. The van der Waals surface area contributed by atoms with Gasteiger partial charge in [-0.15, -0.1) is 5.10 Å². The maximum absolute atomic E-state index is 11.7. The van der Waals surface area contributed by atoms with Gasteiger partial charge in [0.05, 0.1) is 23.3 Å². The molecule has 6 nitrogen and oxygen atoms in total. The van der Waals surface area contributed by atoms with Crippen LogP contribution in [0.3, 0.4) is 0 Å². The van der Waals surface area contributed by atoms with E-state index in [0.29, 0.717) is 33.7 Å². The number of carbonyl (C=O) groups excluding carboxylic acids is 1. The molecule has 0 fully saturated rings. The van der Waals surface area contributed by atoms with Crippen molar-refractivity contribution < 1.29 is 4.79 Å². The van der Waals surface area contributed by atoms with Crippen LogP contribution in [0.4, 0.5) is 0 Å². The van der Waals surface area contributed by atoms with Crippen LogP contribution in [0, 0.1) is 4.77 Å². The first-order valence-corrected chi connectivity index (χ1v) is 7.98. The van der Waals surface area contributed by atoms with E-state index >= 15 is 0 Å². The van der Waals surface area contributed by atoms with Crippen LogP contribution in [0.25, 0.3) is 5.65 Å². The second kappa shape index (κ2) is 7.41. The number of rotatable bonds is 6. The molecule has 0 aliphatic heterocycles. The number of hydrogen-bond donors (Lipinski definition) is 1. The summed E-state index contributed by atoms with van der Waals surface area (Å²) in [6.45, 7) is 3.33. The molecule has 9 heteroatoms. The minimum Gasteiger partial charge on any atom is -0.355 e. The standard InChI is InChI=1S/C13H17Cl2N5OS/c1-3-4-16-11(21)7-18(2)8-20-13(22)19-6-9(14)5-10(15)12(19)17-20/h5-6H,3-4,7-8H2,1-2H3,(H,16,21). The van der Waals surface area contributed by atoms with Gasteiger partial charge < -0.3 is 5.32 Å². The van der Waals surface area contributed by atoms with Gasteiger partial charge in [0, 0.05) is 12.7 Å². The topological polar surface area (TPSA) is 54.6 Å². The summed E-state index contributed by atoms with van der Waals surface area (Å²) in [7, 11) is 1.83. The largest absolute Gasteiger partial charge is 0.355 e. The van der Waals surface area contributed by atoms with Gasteiger partial charge in [0.15, 0.2) is 5.65 Å². The summed E-state index contributed by atoms with van der Waals surface area (Å²) in [6, 6.07) is 1.62. The zero-order valence-electron chi connectivity index (χ0n) is 12.3. The second-order valence-corrected chi connectivity index (χ2v) is 6.20. The maximum Gasteiger partial charge on any atom is 0.234 e. The highest BCUT2D eigenvalue weighted by atomic mass is 35.5. The zero-order chi connectivity index (χ0) is 16.3. The van der Waals surface area contributed by atoms with Gasteiger partial charge in [-0.25, -0.2) is 4.68 Å². The monoisotopic (exact) mass is 361 g/mol. The van der Waals surface area contributed by atoms with Crippen LogP contribution in [0.5, 0.6) is 0 Å². The van der Waals surface area contributed by atoms with Crippen LogP contribution < -0.4 is 5.32 Å². The summed E-state index contributed by atoms with van der Waals surface area (Å²) in [6.07, 6.45) is 2.58. The van der Waals surface area contributed by atoms with E-state index in [-0.39, 0.29) is 12.5 Å². The Labute approximate surface area is 143 Å². The molecule has 2 aromatic rings. The molecule has 0 atom stereocenters. The van der Waals surface area contributed by atoms with Crippen LogP contribution in [-0.2, 0) is 11.5 Å². The summed E-state index contributed by atoms with van der Waals surface area (Å²) in [4.78, 5) is 13.5. The summed E-state index contributed by atoms with van der Waals surface area (Å²) in [5.74, 6) is -0.0271. The molecule has 0 aliphatic rings. The summed E-state index contributed by atoms with van der Waals surface area (Å²) in [5.41, 5.74) is 0.542. The van der Waals surface area contributed by atoms with Crippen LogP contribution in [-0.4, -0.2) is 45.1 Å². The van der Waals surface area contributed by atoms with Gasteiger partial charge in [-0.1, -0.05) is 30.1 Å². The van der Waals surface area contributed by atoms with Crippen LogP contribution >= 0.6 is 35.4 Å². The average Bonchev–Trinajstić information content (AvgIpc) is 2.74. The number of likely N-dealkylation sites (N-methyl/N-ethyl adjacent to an activating group) is 1. The molecular weight excluding hydrogens is 345 g/mol. The Kier molecular flexibility index (Phi) is 5.80. The lowest BCUT2D eigenvalue weighted by molar-refractivity contribution is -0.122. The van der Waals surface area contributed by atoms with Crippen molar-refractivity contribution in [2.24, 2.45) is 0 Å². The van der Waals surface area contributed by atoms with Crippen molar-refractivity contribution in [3.05, 3.63) is 27.1 Å². The van der Waals surface area contributed by atoms with Gasteiger partial charge in [0.1, 0.15) is 0 Å². The minimum absolute atomic E-state index is 0.0271. The van der Waals surface area contributed by atoms with Crippen LogP contribution in [0.1, 0.15) is 13.3 Å². The Morgan fingerprint density at radius 3 is 2.91 bits per heavy atom. The molecule has 2 heterocycles. The molecule has 0 saturated carbocycles. The third-order valence-electron chi connectivity index (χ3n) is 2.96. The fourth-order valence-corrected chi connectivity index (χ4v) is 2.73. The van der Waals surface area contributed by atoms with Gasteiger partial charge in [0.25, 0.3) is 0 Å². The molecule has 1 amide bonds. The van der Waals surface area contributed by atoms with E-state index in [0.717, 1.165) is 6.42 Å². The Bertz CT molecular complexity index is 742. The van der Waals surface area contributed by atoms with E-state index in [9.17, 15) is 4.79 Å². The highest BCUT2D eigenvalue weighted by Gasteiger charge is 2.12. The molecule has 2 rings (SSSR count). The van der Waals surface area contributed by atoms with Crippen LogP contribution in [0.2, 0.25) is 10.0 Å². The number of nitrogens with zero attached hydrogens (tertiary/aromatic N) is 4. The first kappa shape index (κ1) is 17.2. The smallest absolute Gasteiger partial charge is 0.234 e. The SMILES string of the molecule is CCCNC(=O)CN(C)Cn1nc2c(Cl)cc(Cl)cn2c1=S. The van der Waals surface area contributed by atoms with E-state index in [1.807, 2.05) is 18.9 Å². The number of carbonyl (C=O) groups is 1. The van der Waals surface area contributed by atoms with Crippen molar-refractivity contribution in [1.82, 2.24) is 24.4 Å². The average molecular weight is 362 g/mol. The summed E-state index contributed by atoms with van der Waals surface area (Å²) >= 11 is 17.5. The van der Waals surface area contributed by atoms with Crippen molar-refractivity contribution in [2.75, 3.05) is 20.1 Å². The minimum atomic E-state index is -0.0271. The maximum atomic E-state index is 11.7. The van der Waals surface area contributed by atoms with Crippen molar-refractivity contribution in [1.29, 1.82) is 0 Å². The molecule has 0 saturated heterocycles. The number of halogens is 2. The number of pyridine rings is 1. The highest BCUT2D eigenvalue weighted by molar-refractivity contribution is 7.71. The van der Waals surface area contributed by atoms with Gasteiger partial charge >= 0.3 is 0 Å². The molecule has 22 heavy (non-hydrogen) atoms. The molecule has 1 N–H and O–H groups in total. The van der Waals surface area contributed by atoms with Gasteiger partial charge in [-0.3, -0.25) is 14.1 Å². The fourth-order valence-electron chi connectivity index (χ4n) is 1.98. The van der Waals surface area contributed by atoms with E-state index in [2.05, 4.69) is 10.4 Å². The predicted molar refractivity (Wildman–Crippen MR) is 90.0 cm³/mol. The molecular formula is C13H17Cl2N5OS. The molecule has 2 aromatic heterocycles. The lowest BCUT2D eigenvalue weighted by Gasteiger charge is -2.15. The van der Waals surface area contributed by atoms with Gasteiger partial charge in [-0.05, 0) is 31.8 Å². The Morgan fingerprint density at radius 2 is 2.23 bits per heavy atom. The fraction of sp³-hybridized carbons (Fsp3) is 0.462.